The lowest BCUT2D eigenvalue weighted by molar-refractivity contribution is 0.0169. The summed E-state index contributed by atoms with van der Waals surface area (Å²) >= 11 is 0. The van der Waals surface area contributed by atoms with E-state index in [1.165, 1.54) is 17.5 Å². The molecule has 8 heteroatoms. The zero-order valence-electron chi connectivity index (χ0n) is 15.7. The molecule has 0 aliphatic carbocycles. The fourth-order valence-electron chi connectivity index (χ4n) is 4.45. The standard InChI is InChI=1S/C17H30N4O3S/c1-5-21-14(3)16(13(2)18-21)10-19-7-6-17(12-22)11-20(25(4,23)24)9-15(17)8-19/h15,22H,5-12H2,1-4H3/t15-,17+/m1/s1. The number of hydrogen-bond donors (Lipinski definition) is 1. The molecule has 0 spiro atoms. The van der Waals surface area contributed by atoms with Crippen molar-refractivity contribution in [3.63, 3.8) is 0 Å². The minimum Gasteiger partial charge on any atom is -0.396 e. The first-order chi connectivity index (χ1) is 11.7. The second kappa shape index (κ2) is 6.64. The number of aryl methyl sites for hydroxylation is 2. The molecule has 2 aliphatic rings. The fourth-order valence-corrected chi connectivity index (χ4v) is 5.39. The molecule has 0 bridgehead atoms. The van der Waals surface area contributed by atoms with E-state index >= 15 is 0 Å². The summed E-state index contributed by atoms with van der Waals surface area (Å²) in [5.41, 5.74) is 3.28. The molecular formula is C17H30N4O3S. The van der Waals surface area contributed by atoms with E-state index in [1.807, 2.05) is 4.68 Å². The molecule has 2 fully saturated rings. The molecule has 0 aromatic carbocycles. The molecule has 142 valence electrons. The van der Waals surface area contributed by atoms with Gasteiger partial charge in [0.1, 0.15) is 0 Å². The van der Waals surface area contributed by atoms with Crippen molar-refractivity contribution in [3.05, 3.63) is 17.0 Å². The maximum atomic E-state index is 12.0. The molecule has 1 N–H and O–H groups in total. The van der Waals surface area contributed by atoms with E-state index in [2.05, 4.69) is 30.8 Å². The van der Waals surface area contributed by atoms with Gasteiger partial charge in [0.2, 0.25) is 10.0 Å². The van der Waals surface area contributed by atoms with Crippen LogP contribution in [-0.2, 0) is 23.1 Å². The van der Waals surface area contributed by atoms with Crippen LogP contribution in [0.5, 0.6) is 0 Å². The van der Waals surface area contributed by atoms with Crippen LogP contribution in [0.4, 0.5) is 0 Å². The number of hydrogen-bond acceptors (Lipinski definition) is 5. The average Bonchev–Trinajstić information content (AvgIpc) is 3.07. The molecule has 0 unspecified atom stereocenters. The maximum absolute atomic E-state index is 12.0. The van der Waals surface area contributed by atoms with Gasteiger partial charge in [0.15, 0.2) is 0 Å². The Hall–Kier alpha value is -0.960. The van der Waals surface area contributed by atoms with Crippen LogP contribution in [0.1, 0.15) is 30.3 Å². The van der Waals surface area contributed by atoms with Crippen LogP contribution in [0.3, 0.4) is 0 Å². The first-order valence-electron chi connectivity index (χ1n) is 9.01. The zero-order chi connectivity index (χ0) is 18.4. The third kappa shape index (κ3) is 3.37. The van der Waals surface area contributed by atoms with Gasteiger partial charge in [-0.2, -0.15) is 5.10 Å². The summed E-state index contributed by atoms with van der Waals surface area (Å²) in [5.74, 6) is 0.183. The van der Waals surface area contributed by atoms with Gasteiger partial charge < -0.3 is 5.11 Å². The number of aromatic nitrogens is 2. The third-order valence-corrected chi connectivity index (χ3v) is 7.40. The minimum absolute atomic E-state index is 0.0589. The van der Waals surface area contributed by atoms with Gasteiger partial charge in [-0.1, -0.05) is 0 Å². The summed E-state index contributed by atoms with van der Waals surface area (Å²) in [6.07, 6.45) is 2.10. The summed E-state index contributed by atoms with van der Waals surface area (Å²) in [5, 5.41) is 14.6. The molecule has 7 nitrogen and oxygen atoms in total. The predicted molar refractivity (Wildman–Crippen MR) is 96.7 cm³/mol. The van der Waals surface area contributed by atoms with Crippen molar-refractivity contribution in [2.45, 2.75) is 40.3 Å². The van der Waals surface area contributed by atoms with Gasteiger partial charge in [-0.05, 0) is 39.7 Å². The molecule has 3 heterocycles. The summed E-state index contributed by atoms with van der Waals surface area (Å²) < 4.78 is 27.5. The van der Waals surface area contributed by atoms with Crippen molar-refractivity contribution in [3.8, 4) is 0 Å². The maximum Gasteiger partial charge on any atom is 0.211 e. The molecule has 0 radical (unpaired) electrons. The van der Waals surface area contributed by atoms with Gasteiger partial charge in [0.05, 0.1) is 18.6 Å². The van der Waals surface area contributed by atoms with E-state index in [9.17, 15) is 13.5 Å². The van der Waals surface area contributed by atoms with Crippen LogP contribution < -0.4 is 0 Å². The number of sulfonamides is 1. The summed E-state index contributed by atoms with van der Waals surface area (Å²) in [6.45, 7) is 10.7. The van der Waals surface area contributed by atoms with E-state index in [0.717, 1.165) is 38.3 Å². The van der Waals surface area contributed by atoms with Crippen molar-refractivity contribution < 1.29 is 13.5 Å². The highest BCUT2D eigenvalue weighted by atomic mass is 32.2. The van der Waals surface area contributed by atoms with Gasteiger partial charge in [-0.15, -0.1) is 0 Å². The van der Waals surface area contributed by atoms with Crippen molar-refractivity contribution in [1.82, 2.24) is 19.0 Å². The number of rotatable bonds is 5. The Morgan fingerprint density at radius 3 is 2.60 bits per heavy atom. The van der Waals surface area contributed by atoms with Gasteiger partial charge >= 0.3 is 0 Å². The van der Waals surface area contributed by atoms with E-state index in [1.54, 1.807) is 4.31 Å². The fraction of sp³-hybridized carbons (Fsp3) is 0.824. The van der Waals surface area contributed by atoms with Crippen molar-refractivity contribution in [2.75, 3.05) is 39.0 Å². The second-order valence-corrected chi connectivity index (χ2v) is 9.71. The smallest absolute Gasteiger partial charge is 0.211 e. The Balaban J connectivity index is 1.76. The first-order valence-corrected chi connectivity index (χ1v) is 10.9. The Kier molecular flexibility index (Phi) is 5.00. The lowest BCUT2D eigenvalue weighted by atomic mass is 9.73. The van der Waals surface area contributed by atoms with Crippen molar-refractivity contribution in [2.24, 2.45) is 11.3 Å². The van der Waals surface area contributed by atoms with Gasteiger partial charge in [0, 0.05) is 49.4 Å². The topological polar surface area (TPSA) is 78.7 Å². The number of aliphatic hydroxyl groups excluding tert-OH is 1. The number of aliphatic hydroxyl groups is 1. The monoisotopic (exact) mass is 370 g/mol. The molecule has 3 rings (SSSR count). The van der Waals surface area contributed by atoms with E-state index < -0.39 is 10.0 Å². The molecule has 25 heavy (non-hydrogen) atoms. The molecule has 0 amide bonds. The Morgan fingerprint density at radius 2 is 2.04 bits per heavy atom. The number of fused-ring (bicyclic) bond motifs is 1. The Morgan fingerprint density at radius 1 is 1.32 bits per heavy atom. The molecule has 1 aromatic heterocycles. The molecule has 0 saturated carbocycles. The summed E-state index contributed by atoms with van der Waals surface area (Å²) in [4.78, 5) is 2.39. The largest absolute Gasteiger partial charge is 0.396 e. The van der Waals surface area contributed by atoms with E-state index in [0.29, 0.717) is 13.1 Å². The van der Waals surface area contributed by atoms with E-state index in [-0.39, 0.29) is 17.9 Å². The summed E-state index contributed by atoms with van der Waals surface area (Å²) in [6, 6.07) is 0. The highest BCUT2D eigenvalue weighted by Crippen LogP contribution is 2.43. The third-order valence-electron chi connectivity index (χ3n) is 6.18. The van der Waals surface area contributed by atoms with Crippen LogP contribution in [0.2, 0.25) is 0 Å². The highest BCUT2D eigenvalue weighted by molar-refractivity contribution is 7.88. The summed E-state index contributed by atoms with van der Waals surface area (Å²) in [7, 11) is -3.21. The molecular weight excluding hydrogens is 340 g/mol. The van der Waals surface area contributed by atoms with Gasteiger partial charge in [0.25, 0.3) is 0 Å². The van der Waals surface area contributed by atoms with Crippen LogP contribution in [0.25, 0.3) is 0 Å². The normalized spacial score (nSPS) is 28.4. The van der Waals surface area contributed by atoms with Crippen molar-refractivity contribution >= 4 is 10.0 Å². The van der Waals surface area contributed by atoms with Crippen LogP contribution in [0, 0.1) is 25.2 Å². The quantitative estimate of drug-likeness (QED) is 0.821. The molecule has 1 aromatic rings. The first kappa shape index (κ1) is 18.8. The van der Waals surface area contributed by atoms with Gasteiger partial charge in [-0.25, -0.2) is 12.7 Å². The lowest BCUT2D eigenvalue weighted by Crippen LogP contribution is -2.48. The minimum atomic E-state index is -3.21. The van der Waals surface area contributed by atoms with E-state index in [4.69, 9.17) is 0 Å². The molecule has 2 saturated heterocycles. The molecule has 2 atom stereocenters. The van der Waals surface area contributed by atoms with Crippen LogP contribution in [-0.4, -0.2) is 71.6 Å². The van der Waals surface area contributed by atoms with Gasteiger partial charge in [-0.3, -0.25) is 9.58 Å². The highest BCUT2D eigenvalue weighted by Gasteiger charge is 2.51. The molecule has 2 aliphatic heterocycles. The SMILES string of the molecule is CCn1nc(C)c(CN2CC[C@@]3(CO)CN(S(C)(=O)=O)C[C@H]3C2)c1C. The Labute approximate surface area is 150 Å². The Bertz CT molecular complexity index is 745. The number of piperidine rings is 1. The second-order valence-electron chi connectivity index (χ2n) is 7.72. The predicted octanol–water partition coefficient (Wildman–Crippen LogP) is 0.596. The van der Waals surface area contributed by atoms with Crippen molar-refractivity contribution in [1.29, 1.82) is 0 Å². The van der Waals surface area contributed by atoms with Crippen LogP contribution in [0.15, 0.2) is 0 Å². The zero-order valence-corrected chi connectivity index (χ0v) is 16.5. The van der Waals surface area contributed by atoms with Crippen LogP contribution >= 0.6 is 0 Å². The number of likely N-dealkylation sites (tertiary alicyclic amines) is 1. The average molecular weight is 371 g/mol. The lowest BCUT2D eigenvalue weighted by Gasteiger charge is -2.42. The number of nitrogens with zero attached hydrogens (tertiary/aromatic N) is 4.